The van der Waals surface area contributed by atoms with Crippen LogP contribution in [0.25, 0.3) is 0 Å². The van der Waals surface area contributed by atoms with Gasteiger partial charge in [-0.15, -0.1) is 0 Å². The Balaban J connectivity index is 1.85. The van der Waals surface area contributed by atoms with Crippen molar-refractivity contribution >= 4 is 17.6 Å². The number of ether oxygens (including phenoxy) is 2. The number of rotatable bonds is 4. The zero-order valence-electron chi connectivity index (χ0n) is 15.5. The van der Waals surface area contributed by atoms with Crippen LogP contribution < -0.4 is 15.8 Å². The molecule has 1 saturated carbocycles. The van der Waals surface area contributed by atoms with E-state index in [1.165, 1.54) is 0 Å². The highest BCUT2D eigenvalue weighted by molar-refractivity contribution is 5.92. The number of carbonyl (C=O) groups excluding carboxylic acids is 1. The number of anilines is 1. The third-order valence-corrected chi connectivity index (χ3v) is 4.10. The summed E-state index contributed by atoms with van der Waals surface area (Å²) in [7, 11) is 1.62. The number of carbonyl (C=O) groups is 1. The van der Waals surface area contributed by atoms with Gasteiger partial charge in [-0.05, 0) is 58.6 Å². The van der Waals surface area contributed by atoms with E-state index >= 15 is 0 Å². The van der Waals surface area contributed by atoms with Crippen LogP contribution in [0.4, 0.5) is 5.69 Å². The number of nitrogens with zero attached hydrogens (tertiary/aromatic N) is 1. The fraction of sp³-hybridized carbons (Fsp3) is 0.579. The predicted octanol–water partition coefficient (Wildman–Crippen LogP) is 3.32. The van der Waals surface area contributed by atoms with Gasteiger partial charge in [0.1, 0.15) is 11.4 Å². The average Bonchev–Trinajstić information content (AvgIpc) is 2.54. The summed E-state index contributed by atoms with van der Waals surface area (Å²) in [6, 6.07) is 7.67. The van der Waals surface area contributed by atoms with Crippen molar-refractivity contribution < 1.29 is 14.3 Å². The van der Waals surface area contributed by atoms with Gasteiger partial charge in [0.05, 0.1) is 19.1 Å². The van der Waals surface area contributed by atoms with E-state index in [-0.39, 0.29) is 17.9 Å². The smallest absolute Gasteiger partial charge is 0.309 e. The van der Waals surface area contributed by atoms with Crippen LogP contribution in [0.1, 0.15) is 46.5 Å². The largest absolute Gasteiger partial charge is 0.497 e. The van der Waals surface area contributed by atoms with Crippen LogP contribution in [0.5, 0.6) is 5.75 Å². The molecule has 6 nitrogen and oxygen atoms in total. The van der Waals surface area contributed by atoms with Crippen molar-refractivity contribution in [2.24, 2.45) is 16.6 Å². The molecule has 0 unspecified atom stereocenters. The normalized spacial score (nSPS) is 21.5. The molecule has 6 heteroatoms. The molecular formula is C19H29N3O3. The van der Waals surface area contributed by atoms with Gasteiger partial charge < -0.3 is 20.5 Å². The Bertz CT molecular complexity index is 615. The van der Waals surface area contributed by atoms with Crippen molar-refractivity contribution in [2.75, 3.05) is 12.4 Å². The molecule has 0 spiro atoms. The van der Waals surface area contributed by atoms with Gasteiger partial charge >= 0.3 is 5.97 Å². The second-order valence-electron chi connectivity index (χ2n) is 7.41. The first kappa shape index (κ1) is 19.1. The standard InChI is InChI=1S/C19H29N3O3/c1-19(2,3)25-17(23)13-8-10-14(11-9-13)21-18(20)22-15-6-5-7-16(12-15)24-4/h5-7,12-14H,8-11H2,1-4H3,(H3,20,21,22). The Labute approximate surface area is 149 Å². The number of hydrogen-bond acceptors (Lipinski definition) is 4. The summed E-state index contributed by atoms with van der Waals surface area (Å²) < 4.78 is 10.7. The van der Waals surface area contributed by atoms with Crippen LogP contribution in [0, 0.1) is 5.92 Å². The highest BCUT2D eigenvalue weighted by atomic mass is 16.6. The summed E-state index contributed by atoms with van der Waals surface area (Å²) in [4.78, 5) is 16.7. The maximum atomic E-state index is 12.1. The number of aliphatic imine (C=N–C) groups is 1. The SMILES string of the molecule is COc1cccc(NC(N)=NC2CCC(C(=O)OC(C)(C)C)CC2)c1. The van der Waals surface area contributed by atoms with Crippen molar-refractivity contribution in [3.63, 3.8) is 0 Å². The van der Waals surface area contributed by atoms with Crippen molar-refractivity contribution in [1.29, 1.82) is 0 Å². The van der Waals surface area contributed by atoms with Crippen molar-refractivity contribution in [3.8, 4) is 5.75 Å². The Morgan fingerprint density at radius 2 is 1.92 bits per heavy atom. The molecule has 3 N–H and O–H groups in total. The maximum Gasteiger partial charge on any atom is 0.309 e. The van der Waals surface area contributed by atoms with E-state index in [1.54, 1.807) is 7.11 Å². The monoisotopic (exact) mass is 347 g/mol. The lowest BCUT2D eigenvalue weighted by Gasteiger charge is -2.28. The fourth-order valence-electron chi connectivity index (χ4n) is 2.90. The van der Waals surface area contributed by atoms with Gasteiger partial charge in [0.25, 0.3) is 0 Å². The molecule has 0 aromatic heterocycles. The molecule has 25 heavy (non-hydrogen) atoms. The zero-order valence-corrected chi connectivity index (χ0v) is 15.5. The van der Waals surface area contributed by atoms with E-state index in [1.807, 2.05) is 45.0 Å². The molecule has 0 bridgehead atoms. The van der Waals surface area contributed by atoms with Gasteiger partial charge in [-0.3, -0.25) is 4.79 Å². The summed E-state index contributed by atoms with van der Waals surface area (Å²) in [5.74, 6) is 1.01. The van der Waals surface area contributed by atoms with Crippen LogP contribution >= 0.6 is 0 Å². The van der Waals surface area contributed by atoms with E-state index in [2.05, 4.69) is 10.3 Å². The van der Waals surface area contributed by atoms with E-state index in [4.69, 9.17) is 15.2 Å². The minimum Gasteiger partial charge on any atom is -0.497 e. The Morgan fingerprint density at radius 1 is 1.24 bits per heavy atom. The number of nitrogens with two attached hydrogens (primary N) is 1. The third-order valence-electron chi connectivity index (χ3n) is 4.10. The topological polar surface area (TPSA) is 85.9 Å². The predicted molar refractivity (Wildman–Crippen MR) is 99.8 cm³/mol. The lowest BCUT2D eigenvalue weighted by Crippen LogP contribution is -2.32. The summed E-state index contributed by atoms with van der Waals surface area (Å²) >= 11 is 0. The maximum absolute atomic E-state index is 12.1. The Morgan fingerprint density at radius 3 is 2.52 bits per heavy atom. The first-order valence-corrected chi connectivity index (χ1v) is 8.74. The molecule has 0 radical (unpaired) electrons. The molecule has 1 aliphatic carbocycles. The van der Waals surface area contributed by atoms with Gasteiger partial charge in [-0.25, -0.2) is 4.99 Å². The molecule has 0 atom stereocenters. The Kier molecular flexibility index (Phi) is 6.28. The van der Waals surface area contributed by atoms with E-state index in [9.17, 15) is 4.79 Å². The van der Waals surface area contributed by atoms with Gasteiger partial charge in [0, 0.05) is 11.8 Å². The second kappa shape index (κ2) is 8.23. The fourth-order valence-corrected chi connectivity index (χ4v) is 2.90. The minimum atomic E-state index is -0.433. The van der Waals surface area contributed by atoms with Gasteiger partial charge in [-0.1, -0.05) is 6.07 Å². The lowest BCUT2D eigenvalue weighted by atomic mass is 9.86. The van der Waals surface area contributed by atoms with Gasteiger partial charge in [-0.2, -0.15) is 0 Å². The van der Waals surface area contributed by atoms with Crippen LogP contribution in [-0.4, -0.2) is 30.7 Å². The molecule has 1 aliphatic rings. The molecule has 0 aliphatic heterocycles. The molecule has 0 amide bonds. The zero-order chi connectivity index (χ0) is 18.4. The number of benzene rings is 1. The molecule has 0 saturated heterocycles. The molecule has 1 aromatic rings. The average molecular weight is 347 g/mol. The molecule has 138 valence electrons. The molecule has 1 aromatic carbocycles. The Hall–Kier alpha value is -2.24. The highest BCUT2D eigenvalue weighted by Crippen LogP contribution is 2.28. The third kappa shape index (κ3) is 6.29. The quantitative estimate of drug-likeness (QED) is 0.496. The van der Waals surface area contributed by atoms with Crippen LogP contribution in [0.3, 0.4) is 0 Å². The molecule has 0 heterocycles. The first-order chi connectivity index (χ1) is 11.8. The van der Waals surface area contributed by atoms with E-state index in [0.29, 0.717) is 5.96 Å². The van der Waals surface area contributed by atoms with Crippen LogP contribution in [0.15, 0.2) is 29.3 Å². The number of methoxy groups -OCH3 is 1. The van der Waals surface area contributed by atoms with E-state index < -0.39 is 5.60 Å². The van der Waals surface area contributed by atoms with Crippen molar-refractivity contribution in [3.05, 3.63) is 24.3 Å². The van der Waals surface area contributed by atoms with Gasteiger partial charge in [0.15, 0.2) is 5.96 Å². The van der Waals surface area contributed by atoms with E-state index in [0.717, 1.165) is 37.1 Å². The van der Waals surface area contributed by atoms with Crippen molar-refractivity contribution in [1.82, 2.24) is 0 Å². The van der Waals surface area contributed by atoms with Crippen LogP contribution in [0.2, 0.25) is 0 Å². The summed E-state index contributed by atoms with van der Waals surface area (Å²) in [5.41, 5.74) is 6.42. The number of hydrogen-bond donors (Lipinski definition) is 2. The lowest BCUT2D eigenvalue weighted by molar-refractivity contribution is -0.161. The number of esters is 1. The first-order valence-electron chi connectivity index (χ1n) is 8.74. The van der Waals surface area contributed by atoms with Crippen LogP contribution in [-0.2, 0) is 9.53 Å². The summed E-state index contributed by atoms with van der Waals surface area (Å²) in [5, 5.41) is 3.09. The second-order valence-corrected chi connectivity index (χ2v) is 7.41. The minimum absolute atomic E-state index is 0.0294. The van der Waals surface area contributed by atoms with Crippen molar-refractivity contribution in [2.45, 2.75) is 58.1 Å². The van der Waals surface area contributed by atoms with Gasteiger partial charge in [0.2, 0.25) is 0 Å². The molecule has 2 rings (SSSR count). The molecule has 1 fully saturated rings. The highest BCUT2D eigenvalue weighted by Gasteiger charge is 2.29. The summed E-state index contributed by atoms with van der Waals surface area (Å²) in [6.45, 7) is 5.68. The summed E-state index contributed by atoms with van der Waals surface area (Å²) in [6.07, 6.45) is 3.25. The number of guanidine groups is 1. The molecular weight excluding hydrogens is 318 g/mol. The number of nitrogens with one attached hydrogen (secondary N) is 1.